The Hall–Kier alpha value is -1.37. The first-order valence-electron chi connectivity index (χ1n) is 9.78. The summed E-state index contributed by atoms with van der Waals surface area (Å²) in [6.45, 7) is 2.20. The van der Waals surface area contributed by atoms with Crippen LogP contribution in [0.15, 0.2) is 36.5 Å². The topological polar surface area (TPSA) is 87.0 Å². The molecule has 0 fully saturated rings. The molecule has 0 bridgehead atoms. The number of aliphatic carboxylic acids is 1. The van der Waals surface area contributed by atoms with E-state index in [0.29, 0.717) is 12.8 Å². The molecule has 0 radical (unpaired) electrons. The lowest BCUT2D eigenvalue weighted by Crippen LogP contribution is -2.22. The summed E-state index contributed by atoms with van der Waals surface area (Å²) in [7, 11) is -1.22. The standard InChI is InChI=1S/C20H35BO5/c1-2-3-4-5-7-10-13-16-19(21(24)26-25)17-14-11-8-6-9-12-15-18-20(22)23/h6,9,11,13-14,16,19,24-25H,2-5,7-8,10,12,15,17-18H2,1H3,(H,22,23). The number of hydrogen-bond donors (Lipinski definition) is 3. The van der Waals surface area contributed by atoms with Gasteiger partial charge in [0.1, 0.15) is 0 Å². The molecule has 0 rings (SSSR count). The van der Waals surface area contributed by atoms with Gasteiger partial charge in [-0.25, -0.2) is 0 Å². The SMILES string of the molecule is CCCCCCCC=CC(CC=CCC=CCCCC(=O)O)B(O)OO. The molecule has 0 spiro atoms. The van der Waals surface area contributed by atoms with E-state index < -0.39 is 13.1 Å². The Morgan fingerprint density at radius 3 is 2.38 bits per heavy atom. The van der Waals surface area contributed by atoms with Crippen molar-refractivity contribution in [3.63, 3.8) is 0 Å². The minimum Gasteiger partial charge on any atom is -0.481 e. The molecule has 0 heterocycles. The number of carbonyl (C=O) groups is 1. The normalized spacial score (nSPS) is 13.2. The van der Waals surface area contributed by atoms with Crippen LogP contribution in [-0.4, -0.2) is 28.5 Å². The quantitative estimate of drug-likeness (QED) is 0.106. The van der Waals surface area contributed by atoms with Gasteiger partial charge in [-0.3, -0.25) is 14.9 Å². The molecule has 3 N–H and O–H groups in total. The highest BCUT2D eigenvalue weighted by Gasteiger charge is 2.23. The van der Waals surface area contributed by atoms with Crippen molar-refractivity contribution >= 4 is 13.1 Å². The van der Waals surface area contributed by atoms with Crippen molar-refractivity contribution in [3.8, 4) is 0 Å². The average molecular weight is 366 g/mol. The molecule has 0 aromatic rings. The molecule has 0 aliphatic carbocycles. The van der Waals surface area contributed by atoms with Crippen LogP contribution in [0.25, 0.3) is 0 Å². The third-order valence-corrected chi connectivity index (χ3v) is 4.11. The molecule has 0 aromatic heterocycles. The molecule has 6 heteroatoms. The molecule has 5 nitrogen and oxygen atoms in total. The van der Waals surface area contributed by atoms with Gasteiger partial charge in [0.15, 0.2) is 0 Å². The van der Waals surface area contributed by atoms with E-state index in [1.165, 1.54) is 25.7 Å². The first-order chi connectivity index (χ1) is 12.6. The third kappa shape index (κ3) is 16.1. The minimum atomic E-state index is -1.22. The molecule has 1 atom stereocenters. The Labute approximate surface area is 158 Å². The monoisotopic (exact) mass is 366 g/mol. The van der Waals surface area contributed by atoms with Crippen LogP contribution in [0.4, 0.5) is 0 Å². The Morgan fingerprint density at radius 1 is 1.00 bits per heavy atom. The van der Waals surface area contributed by atoms with Gasteiger partial charge >= 0.3 is 13.1 Å². The molecule has 0 saturated carbocycles. The van der Waals surface area contributed by atoms with Gasteiger partial charge in [0.25, 0.3) is 0 Å². The number of unbranched alkanes of at least 4 members (excludes halogenated alkanes) is 6. The Balaban J connectivity index is 4.02. The van der Waals surface area contributed by atoms with Crippen molar-refractivity contribution < 1.29 is 25.0 Å². The van der Waals surface area contributed by atoms with Gasteiger partial charge in [-0.05, 0) is 38.5 Å². The molecule has 0 saturated heterocycles. The summed E-state index contributed by atoms with van der Waals surface area (Å²) < 4.78 is 0. The van der Waals surface area contributed by atoms with Crippen LogP contribution in [0.2, 0.25) is 5.82 Å². The lowest BCUT2D eigenvalue weighted by atomic mass is 9.70. The van der Waals surface area contributed by atoms with E-state index in [-0.39, 0.29) is 12.2 Å². The fraction of sp³-hybridized carbons (Fsp3) is 0.650. The summed E-state index contributed by atoms with van der Waals surface area (Å²) >= 11 is 0. The lowest BCUT2D eigenvalue weighted by Gasteiger charge is -2.10. The van der Waals surface area contributed by atoms with Crippen molar-refractivity contribution in [3.05, 3.63) is 36.5 Å². The van der Waals surface area contributed by atoms with E-state index in [1.54, 1.807) is 0 Å². The number of carboxylic acid groups (broad SMARTS) is 1. The maximum Gasteiger partial charge on any atom is 0.494 e. The largest absolute Gasteiger partial charge is 0.494 e. The van der Waals surface area contributed by atoms with Gasteiger partial charge < -0.3 is 10.1 Å². The van der Waals surface area contributed by atoms with Crippen LogP contribution in [0, 0.1) is 0 Å². The number of allylic oxidation sites excluding steroid dienone is 6. The highest BCUT2D eigenvalue weighted by molar-refractivity contribution is 6.45. The zero-order chi connectivity index (χ0) is 19.5. The fourth-order valence-electron chi connectivity index (χ4n) is 2.52. The van der Waals surface area contributed by atoms with Crippen molar-refractivity contribution in [2.45, 2.75) is 83.4 Å². The number of rotatable bonds is 17. The predicted molar refractivity (Wildman–Crippen MR) is 107 cm³/mol. The van der Waals surface area contributed by atoms with Crippen LogP contribution in [-0.2, 0) is 9.60 Å². The third-order valence-electron chi connectivity index (χ3n) is 4.11. The van der Waals surface area contributed by atoms with Gasteiger partial charge in [0, 0.05) is 12.2 Å². The summed E-state index contributed by atoms with van der Waals surface area (Å²) in [5.74, 6) is -1.03. The second-order valence-corrected chi connectivity index (χ2v) is 6.49. The average Bonchev–Trinajstić information content (AvgIpc) is 2.63. The molecule has 0 aliphatic heterocycles. The molecule has 148 valence electrons. The van der Waals surface area contributed by atoms with Gasteiger partial charge in [-0.15, -0.1) is 0 Å². The van der Waals surface area contributed by atoms with Crippen LogP contribution < -0.4 is 0 Å². The molecule has 26 heavy (non-hydrogen) atoms. The summed E-state index contributed by atoms with van der Waals surface area (Å²) in [5.41, 5.74) is 0. The summed E-state index contributed by atoms with van der Waals surface area (Å²) in [5, 5.41) is 27.0. The number of hydrogen-bond acceptors (Lipinski definition) is 4. The smallest absolute Gasteiger partial charge is 0.481 e. The Kier molecular flexibility index (Phi) is 17.5. The Bertz CT molecular complexity index is 420. The molecule has 1 unspecified atom stereocenters. The van der Waals surface area contributed by atoms with Crippen LogP contribution in [0.3, 0.4) is 0 Å². The van der Waals surface area contributed by atoms with Crippen molar-refractivity contribution in [1.29, 1.82) is 0 Å². The lowest BCUT2D eigenvalue weighted by molar-refractivity contribution is -0.158. The second kappa shape index (κ2) is 18.4. The second-order valence-electron chi connectivity index (χ2n) is 6.49. The first-order valence-corrected chi connectivity index (χ1v) is 9.78. The molecular weight excluding hydrogens is 331 g/mol. The van der Waals surface area contributed by atoms with Crippen molar-refractivity contribution in [1.82, 2.24) is 0 Å². The van der Waals surface area contributed by atoms with Crippen molar-refractivity contribution in [2.24, 2.45) is 0 Å². The summed E-state index contributed by atoms with van der Waals surface area (Å²) in [4.78, 5) is 14.5. The Morgan fingerprint density at radius 2 is 1.69 bits per heavy atom. The van der Waals surface area contributed by atoms with Crippen LogP contribution >= 0.6 is 0 Å². The zero-order valence-corrected chi connectivity index (χ0v) is 16.1. The van der Waals surface area contributed by atoms with E-state index in [4.69, 9.17) is 10.4 Å². The maximum atomic E-state index is 10.4. The first kappa shape index (κ1) is 24.6. The van der Waals surface area contributed by atoms with E-state index in [9.17, 15) is 9.82 Å². The van der Waals surface area contributed by atoms with Crippen LogP contribution in [0.5, 0.6) is 0 Å². The fourth-order valence-corrected chi connectivity index (χ4v) is 2.52. The highest BCUT2D eigenvalue weighted by Crippen LogP contribution is 2.18. The van der Waals surface area contributed by atoms with E-state index in [1.807, 2.05) is 30.4 Å². The molecule has 0 aliphatic rings. The van der Waals surface area contributed by atoms with E-state index in [0.717, 1.165) is 25.7 Å². The van der Waals surface area contributed by atoms with Crippen molar-refractivity contribution in [2.75, 3.05) is 0 Å². The maximum absolute atomic E-state index is 10.4. The van der Waals surface area contributed by atoms with Gasteiger partial charge in [0.2, 0.25) is 0 Å². The van der Waals surface area contributed by atoms with Gasteiger partial charge in [0.05, 0.1) is 0 Å². The van der Waals surface area contributed by atoms with Gasteiger partial charge in [-0.2, -0.15) is 0 Å². The van der Waals surface area contributed by atoms with Crippen LogP contribution in [0.1, 0.15) is 77.6 Å². The van der Waals surface area contributed by atoms with E-state index >= 15 is 0 Å². The predicted octanol–water partition coefficient (Wildman–Crippen LogP) is 5.39. The molecular formula is C20H35BO5. The summed E-state index contributed by atoms with van der Waals surface area (Å²) in [6.07, 6.45) is 22.0. The van der Waals surface area contributed by atoms with Gasteiger partial charge in [-0.1, -0.05) is 69.1 Å². The van der Waals surface area contributed by atoms with E-state index in [2.05, 4.69) is 17.8 Å². The molecule has 0 amide bonds. The highest BCUT2D eigenvalue weighted by atomic mass is 17.1. The zero-order valence-electron chi connectivity index (χ0n) is 16.1. The summed E-state index contributed by atoms with van der Waals surface area (Å²) in [6, 6.07) is 0. The minimum absolute atomic E-state index is 0.200. The molecule has 0 aromatic carbocycles. The number of carboxylic acids is 1.